The molecule has 0 aliphatic rings. The summed E-state index contributed by atoms with van der Waals surface area (Å²) in [6.07, 6.45) is 5.61. The third-order valence-corrected chi connectivity index (χ3v) is 2.75. The van der Waals surface area contributed by atoms with Gasteiger partial charge in [0.2, 0.25) is 0 Å². The topological polar surface area (TPSA) is 0 Å². The monoisotopic (exact) mass is 233 g/mol. The summed E-state index contributed by atoms with van der Waals surface area (Å²) in [4.78, 5) is 0. The zero-order chi connectivity index (χ0) is 9.33. The molecule has 0 aromatic carbocycles. The van der Waals surface area contributed by atoms with Gasteiger partial charge in [-0.1, -0.05) is 13.8 Å². The molecule has 0 unspecified atom stereocenters. The van der Waals surface area contributed by atoms with Crippen molar-refractivity contribution < 1.29 is 20.6 Å². The SMILES string of the molecule is CC.CC/C=C\C(C)(C)[CH]=[Nb]. The zero-order valence-electron chi connectivity index (χ0n) is 8.39. The summed E-state index contributed by atoms with van der Waals surface area (Å²) < 4.78 is 2.26. The number of rotatable bonds is 3. The Morgan fingerprint density at radius 2 is 1.73 bits per heavy atom. The fraction of sp³-hybridized carbons (Fsp3) is 0.700. The van der Waals surface area contributed by atoms with Crippen molar-refractivity contribution in [3.05, 3.63) is 12.2 Å². The molecular weight excluding hydrogens is 213 g/mol. The van der Waals surface area contributed by atoms with E-state index in [1.54, 1.807) is 20.6 Å². The number of allylic oxidation sites excluding steroid dienone is 2. The summed E-state index contributed by atoms with van der Waals surface area (Å²) in [6.45, 7) is 10.6. The van der Waals surface area contributed by atoms with E-state index in [1.807, 2.05) is 13.8 Å². The first-order valence-corrected chi connectivity index (χ1v) is 5.55. The van der Waals surface area contributed by atoms with Gasteiger partial charge in [-0.25, -0.2) is 0 Å². The Hall–Kier alpha value is 0.350. The van der Waals surface area contributed by atoms with E-state index < -0.39 is 0 Å². The molecule has 0 nitrogen and oxygen atoms in total. The maximum absolute atomic E-state index is 2.26. The Morgan fingerprint density at radius 1 is 1.27 bits per heavy atom. The molecule has 0 atom stereocenters. The average molecular weight is 233 g/mol. The molecule has 0 aliphatic heterocycles. The van der Waals surface area contributed by atoms with Crippen LogP contribution in [0.2, 0.25) is 0 Å². The van der Waals surface area contributed by atoms with Gasteiger partial charge in [0.15, 0.2) is 0 Å². The van der Waals surface area contributed by atoms with E-state index in [4.69, 9.17) is 0 Å². The van der Waals surface area contributed by atoms with Crippen LogP contribution in [0.4, 0.5) is 0 Å². The molecule has 0 bridgehead atoms. The van der Waals surface area contributed by atoms with Gasteiger partial charge in [-0.3, -0.25) is 0 Å². The van der Waals surface area contributed by atoms with Crippen molar-refractivity contribution >= 4 is 4.23 Å². The Balaban J connectivity index is 0. The molecule has 0 saturated heterocycles. The predicted octanol–water partition coefficient (Wildman–Crippen LogP) is 3.35. The third kappa shape index (κ3) is 10.4. The number of hydrogen-bond donors (Lipinski definition) is 0. The molecule has 11 heavy (non-hydrogen) atoms. The van der Waals surface area contributed by atoms with Crippen LogP contribution in [-0.4, -0.2) is 4.23 Å². The molecule has 0 aliphatic carbocycles. The summed E-state index contributed by atoms with van der Waals surface area (Å²) in [5, 5.41) is 0. The van der Waals surface area contributed by atoms with Crippen LogP contribution < -0.4 is 0 Å². The van der Waals surface area contributed by atoms with Crippen LogP contribution in [0.1, 0.15) is 41.0 Å². The molecule has 0 radical (unpaired) electrons. The summed E-state index contributed by atoms with van der Waals surface area (Å²) in [5.74, 6) is 0. The molecule has 65 valence electrons. The maximum atomic E-state index is 2.26. The molecule has 0 N–H and O–H groups in total. The van der Waals surface area contributed by atoms with Crippen molar-refractivity contribution in [3.63, 3.8) is 0 Å². The molecular formula is C10H20Nb. The van der Waals surface area contributed by atoms with Gasteiger partial charge in [0, 0.05) is 0 Å². The average Bonchev–Trinajstić information content (AvgIpc) is 2.05. The standard InChI is InChI=1S/C8H14.C2H6.Nb/c1-5-6-7-8(2,3)4;1-2;/h2,6-7H,5H2,1,3-4H3;1-2H3;/b7-6-;;. The Kier molecular flexibility index (Phi) is 10.7. The summed E-state index contributed by atoms with van der Waals surface area (Å²) in [5.41, 5.74) is 0.310. The molecule has 1 heteroatoms. The van der Waals surface area contributed by atoms with Gasteiger partial charge in [0.05, 0.1) is 0 Å². The van der Waals surface area contributed by atoms with Crippen LogP contribution in [0.3, 0.4) is 0 Å². The van der Waals surface area contributed by atoms with Crippen LogP contribution in [0.15, 0.2) is 12.2 Å². The van der Waals surface area contributed by atoms with E-state index in [0.29, 0.717) is 5.41 Å². The minimum absolute atomic E-state index is 0.310. The fourth-order valence-electron chi connectivity index (χ4n) is 0.465. The second kappa shape index (κ2) is 8.45. The van der Waals surface area contributed by atoms with Gasteiger partial charge in [-0.15, -0.1) is 0 Å². The summed E-state index contributed by atoms with van der Waals surface area (Å²) in [7, 11) is 0. The van der Waals surface area contributed by atoms with Gasteiger partial charge in [0.25, 0.3) is 0 Å². The van der Waals surface area contributed by atoms with Gasteiger partial charge in [-0.2, -0.15) is 0 Å². The van der Waals surface area contributed by atoms with E-state index in [9.17, 15) is 0 Å². The molecule has 0 aromatic heterocycles. The second-order valence-corrected chi connectivity index (χ2v) is 3.40. The summed E-state index contributed by atoms with van der Waals surface area (Å²) >= 11 is 1.77. The molecule has 0 rings (SSSR count). The van der Waals surface area contributed by atoms with Gasteiger partial charge < -0.3 is 0 Å². The Labute approximate surface area is 83.5 Å². The van der Waals surface area contributed by atoms with E-state index in [0.717, 1.165) is 6.42 Å². The molecule has 0 heterocycles. The van der Waals surface area contributed by atoms with Crippen LogP contribution >= 0.6 is 0 Å². The van der Waals surface area contributed by atoms with Gasteiger partial charge in [-0.05, 0) is 0 Å². The van der Waals surface area contributed by atoms with Crippen LogP contribution in [-0.2, 0) is 20.6 Å². The van der Waals surface area contributed by atoms with Crippen molar-refractivity contribution in [2.24, 2.45) is 5.41 Å². The fourth-order valence-corrected chi connectivity index (χ4v) is 0.676. The van der Waals surface area contributed by atoms with Crippen molar-refractivity contribution in [2.45, 2.75) is 41.0 Å². The van der Waals surface area contributed by atoms with Crippen LogP contribution in [0.5, 0.6) is 0 Å². The first kappa shape index (κ1) is 13.9. The zero-order valence-corrected chi connectivity index (χ0v) is 10.6. The molecule has 0 fully saturated rings. The van der Waals surface area contributed by atoms with E-state index in [1.165, 1.54) is 0 Å². The number of hydrogen-bond acceptors (Lipinski definition) is 0. The molecule has 0 saturated carbocycles. The molecule has 0 aromatic rings. The van der Waals surface area contributed by atoms with Gasteiger partial charge in [0.1, 0.15) is 0 Å². The second-order valence-electron chi connectivity index (χ2n) is 2.76. The van der Waals surface area contributed by atoms with Crippen molar-refractivity contribution in [1.82, 2.24) is 0 Å². The van der Waals surface area contributed by atoms with E-state index in [-0.39, 0.29) is 0 Å². The molecule has 0 amide bonds. The van der Waals surface area contributed by atoms with Crippen molar-refractivity contribution in [3.8, 4) is 0 Å². The van der Waals surface area contributed by atoms with Crippen molar-refractivity contribution in [2.75, 3.05) is 0 Å². The van der Waals surface area contributed by atoms with Gasteiger partial charge >= 0.3 is 69.6 Å². The van der Waals surface area contributed by atoms with Crippen LogP contribution in [0, 0.1) is 5.41 Å². The van der Waals surface area contributed by atoms with E-state index in [2.05, 4.69) is 37.1 Å². The normalized spacial score (nSPS) is 10.5. The van der Waals surface area contributed by atoms with E-state index >= 15 is 0 Å². The first-order valence-electron chi connectivity index (χ1n) is 4.28. The van der Waals surface area contributed by atoms with Crippen LogP contribution in [0.25, 0.3) is 0 Å². The summed E-state index contributed by atoms with van der Waals surface area (Å²) in [6, 6.07) is 0. The first-order chi connectivity index (χ1) is 5.12. The van der Waals surface area contributed by atoms with Crippen molar-refractivity contribution in [1.29, 1.82) is 0 Å². The quantitative estimate of drug-likeness (QED) is 0.518. The third-order valence-electron chi connectivity index (χ3n) is 1.12. The minimum atomic E-state index is 0.310. The predicted molar refractivity (Wildman–Crippen MR) is 50.6 cm³/mol. The molecule has 0 spiro atoms. The Bertz CT molecular complexity index is 112. The Morgan fingerprint density at radius 3 is 2.00 bits per heavy atom.